The molecule has 140 valence electrons. The first-order valence-corrected chi connectivity index (χ1v) is 8.52. The van der Waals surface area contributed by atoms with Gasteiger partial charge >= 0.3 is 0 Å². The second-order valence-electron chi connectivity index (χ2n) is 6.29. The summed E-state index contributed by atoms with van der Waals surface area (Å²) in [4.78, 5) is 14.6. The van der Waals surface area contributed by atoms with Gasteiger partial charge in [0.25, 0.3) is 5.91 Å². The molecule has 2 aliphatic heterocycles. The Hall–Kier alpha value is -2.32. The van der Waals surface area contributed by atoms with Crippen LogP contribution in [0.2, 0.25) is 0 Å². The zero-order valence-corrected chi connectivity index (χ0v) is 15.4. The molecule has 1 unspecified atom stereocenters. The predicted octanol–water partition coefficient (Wildman–Crippen LogP) is 1.33. The van der Waals surface area contributed by atoms with Gasteiger partial charge in [0.2, 0.25) is 0 Å². The van der Waals surface area contributed by atoms with Crippen LogP contribution in [-0.2, 0) is 0 Å². The molecule has 4 rings (SSSR count). The molecule has 9 heteroatoms. The van der Waals surface area contributed by atoms with E-state index >= 15 is 0 Å². The number of nitrogens with two attached hydrogens (primary N) is 1. The highest BCUT2D eigenvalue weighted by Crippen LogP contribution is 2.32. The summed E-state index contributed by atoms with van der Waals surface area (Å²) in [6.07, 6.45) is 1.92. The first kappa shape index (κ1) is 18.5. The van der Waals surface area contributed by atoms with E-state index in [9.17, 15) is 4.79 Å². The molecule has 2 aromatic rings. The monoisotopic (exact) mass is 379 g/mol. The van der Waals surface area contributed by atoms with Gasteiger partial charge in [0, 0.05) is 25.2 Å². The highest BCUT2D eigenvalue weighted by Gasteiger charge is 2.31. The molecule has 2 aliphatic rings. The molecule has 8 nitrogen and oxygen atoms in total. The van der Waals surface area contributed by atoms with E-state index in [1.54, 1.807) is 4.68 Å². The van der Waals surface area contributed by atoms with E-state index in [0.29, 0.717) is 42.6 Å². The Morgan fingerprint density at radius 3 is 2.85 bits per heavy atom. The van der Waals surface area contributed by atoms with Gasteiger partial charge in [-0.05, 0) is 31.9 Å². The Bertz CT molecular complexity index is 810. The van der Waals surface area contributed by atoms with Crippen molar-refractivity contribution >= 4 is 18.3 Å². The molecule has 1 aromatic heterocycles. The third kappa shape index (κ3) is 3.10. The van der Waals surface area contributed by atoms with E-state index in [0.717, 1.165) is 25.1 Å². The topological polar surface area (TPSA) is 95.5 Å². The van der Waals surface area contributed by atoms with Crippen LogP contribution in [0.3, 0.4) is 0 Å². The molecule has 1 amide bonds. The maximum Gasteiger partial charge on any atom is 0.276 e. The molecular weight excluding hydrogens is 358 g/mol. The zero-order chi connectivity index (χ0) is 17.4. The maximum absolute atomic E-state index is 12.8. The zero-order valence-electron chi connectivity index (χ0n) is 14.6. The lowest BCUT2D eigenvalue weighted by Gasteiger charge is -2.22. The second kappa shape index (κ2) is 7.51. The number of carbonyl (C=O) groups excluding carboxylic acids is 1. The number of fused-ring (bicyclic) bond motifs is 1. The molecule has 26 heavy (non-hydrogen) atoms. The number of benzene rings is 1. The highest BCUT2D eigenvalue weighted by atomic mass is 35.5. The molecule has 1 saturated heterocycles. The summed E-state index contributed by atoms with van der Waals surface area (Å²) in [7, 11) is 0. The lowest BCUT2D eigenvalue weighted by Crippen LogP contribution is -2.40. The number of carbonyl (C=O) groups is 1. The molecule has 1 atom stereocenters. The van der Waals surface area contributed by atoms with Crippen LogP contribution in [0.15, 0.2) is 18.2 Å². The standard InChI is InChI=1S/C17H21N5O3.ClH/c1-11-16(17(23)21-6-2-3-13(21)10-18)19-20-22(11)12-4-5-14-15(9-12)25-8-7-24-14;/h4-5,9,13H,2-3,6-8,10,18H2,1H3;1H. The van der Waals surface area contributed by atoms with Gasteiger partial charge in [-0.2, -0.15) is 0 Å². The van der Waals surface area contributed by atoms with E-state index in [-0.39, 0.29) is 24.4 Å². The molecule has 0 radical (unpaired) electrons. The molecule has 0 spiro atoms. The van der Waals surface area contributed by atoms with Crippen molar-refractivity contribution in [3.05, 3.63) is 29.6 Å². The fraction of sp³-hybridized carbons (Fsp3) is 0.471. The number of aromatic nitrogens is 3. The Morgan fingerprint density at radius 1 is 1.31 bits per heavy atom. The molecule has 2 N–H and O–H groups in total. The molecule has 0 bridgehead atoms. The van der Waals surface area contributed by atoms with Crippen LogP contribution < -0.4 is 15.2 Å². The van der Waals surface area contributed by atoms with Crippen LogP contribution in [0.1, 0.15) is 29.0 Å². The van der Waals surface area contributed by atoms with Gasteiger partial charge in [0.05, 0.1) is 11.4 Å². The van der Waals surface area contributed by atoms with E-state index in [4.69, 9.17) is 15.2 Å². The van der Waals surface area contributed by atoms with Crippen LogP contribution >= 0.6 is 12.4 Å². The summed E-state index contributed by atoms with van der Waals surface area (Å²) in [5.41, 5.74) is 7.63. The number of ether oxygens (including phenoxy) is 2. The quantitative estimate of drug-likeness (QED) is 0.864. The van der Waals surface area contributed by atoms with Crippen molar-refractivity contribution in [1.29, 1.82) is 0 Å². The number of amides is 1. The second-order valence-corrected chi connectivity index (χ2v) is 6.29. The van der Waals surface area contributed by atoms with Gasteiger partial charge in [-0.25, -0.2) is 4.68 Å². The number of likely N-dealkylation sites (tertiary alicyclic amines) is 1. The largest absolute Gasteiger partial charge is 0.486 e. The average Bonchev–Trinajstić information content (AvgIpc) is 3.27. The van der Waals surface area contributed by atoms with Crippen molar-refractivity contribution < 1.29 is 14.3 Å². The predicted molar refractivity (Wildman–Crippen MR) is 97.4 cm³/mol. The fourth-order valence-electron chi connectivity index (χ4n) is 3.42. The van der Waals surface area contributed by atoms with Crippen LogP contribution in [-0.4, -0.2) is 58.1 Å². The van der Waals surface area contributed by atoms with E-state index in [1.165, 1.54) is 0 Å². The van der Waals surface area contributed by atoms with Gasteiger partial charge in [-0.1, -0.05) is 5.21 Å². The van der Waals surface area contributed by atoms with Crippen LogP contribution in [0.25, 0.3) is 5.69 Å². The lowest BCUT2D eigenvalue weighted by molar-refractivity contribution is 0.0734. The summed E-state index contributed by atoms with van der Waals surface area (Å²) < 4.78 is 12.8. The van der Waals surface area contributed by atoms with E-state index in [1.807, 2.05) is 30.0 Å². The summed E-state index contributed by atoms with van der Waals surface area (Å²) in [6, 6.07) is 5.66. The lowest BCUT2D eigenvalue weighted by atomic mass is 10.2. The number of nitrogens with zero attached hydrogens (tertiary/aromatic N) is 4. The van der Waals surface area contributed by atoms with Gasteiger partial charge in [-0.3, -0.25) is 4.79 Å². The van der Waals surface area contributed by atoms with Crippen molar-refractivity contribution in [3.8, 4) is 17.2 Å². The Labute approximate surface area is 157 Å². The number of hydrogen-bond donors (Lipinski definition) is 1. The Morgan fingerprint density at radius 2 is 2.08 bits per heavy atom. The minimum atomic E-state index is -0.103. The average molecular weight is 380 g/mol. The van der Waals surface area contributed by atoms with Gasteiger partial charge in [-0.15, -0.1) is 17.5 Å². The summed E-state index contributed by atoms with van der Waals surface area (Å²) >= 11 is 0. The Kier molecular flexibility index (Phi) is 5.33. The molecule has 1 aromatic carbocycles. The summed E-state index contributed by atoms with van der Waals surface area (Å²) in [5.74, 6) is 1.29. The van der Waals surface area contributed by atoms with Crippen LogP contribution in [0.4, 0.5) is 0 Å². The Balaban J connectivity index is 0.00000196. The fourth-order valence-corrected chi connectivity index (χ4v) is 3.42. The van der Waals surface area contributed by atoms with Crippen LogP contribution in [0, 0.1) is 6.92 Å². The van der Waals surface area contributed by atoms with Gasteiger partial charge in [0.1, 0.15) is 13.2 Å². The molecule has 0 saturated carbocycles. The first-order valence-electron chi connectivity index (χ1n) is 8.52. The summed E-state index contributed by atoms with van der Waals surface area (Å²) in [6.45, 7) is 4.10. The van der Waals surface area contributed by atoms with Crippen molar-refractivity contribution in [2.75, 3.05) is 26.3 Å². The smallest absolute Gasteiger partial charge is 0.276 e. The SMILES string of the molecule is Cc1c(C(=O)N2CCCC2CN)nnn1-c1ccc2c(c1)OCCO2.Cl. The van der Waals surface area contributed by atoms with Crippen molar-refractivity contribution in [3.63, 3.8) is 0 Å². The van der Waals surface area contributed by atoms with Crippen molar-refractivity contribution in [2.24, 2.45) is 5.73 Å². The minimum Gasteiger partial charge on any atom is -0.486 e. The molecule has 1 fully saturated rings. The van der Waals surface area contributed by atoms with Crippen LogP contribution in [0.5, 0.6) is 11.5 Å². The maximum atomic E-state index is 12.8. The third-order valence-corrected chi connectivity index (χ3v) is 4.78. The summed E-state index contributed by atoms with van der Waals surface area (Å²) in [5, 5.41) is 8.30. The molecule has 3 heterocycles. The highest BCUT2D eigenvalue weighted by molar-refractivity contribution is 5.93. The van der Waals surface area contributed by atoms with E-state index < -0.39 is 0 Å². The van der Waals surface area contributed by atoms with Crippen molar-refractivity contribution in [1.82, 2.24) is 19.9 Å². The van der Waals surface area contributed by atoms with Crippen molar-refractivity contribution in [2.45, 2.75) is 25.8 Å². The normalized spacial score (nSPS) is 18.5. The third-order valence-electron chi connectivity index (χ3n) is 4.78. The number of halogens is 1. The van der Waals surface area contributed by atoms with Gasteiger partial charge < -0.3 is 20.1 Å². The minimum absolute atomic E-state index is 0. The first-order chi connectivity index (χ1) is 12.2. The number of rotatable bonds is 3. The number of hydrogen-bond acceptors (Lipinski definition) is 6. The molecular formula is C17H22ClN5O3. The molecule has 0 aliphatic carbocycles. The van der Waals surface area contributed by atoms with E-state index in [2.05, 4.69) is 10.3 Å². The van der Waals surface area contributed by atoms with Gasteiger partial charge in [0.15, 0.2) is 17.2 Å².